The fraction of sp³-hybridized carbons (Fsp3) is 0.500. The van der Waals surface area contributed by atoms with Crippen LogP contribution < -0.4 is 15.5 Å². The summed E-state index contributed by atoms with van der Waals surface area (Å²) in [4.78, 5) is 25.5. The Kier molecular flexibility index (Phi) is 5.20. The average molecular weight is 289 g/mol. The van der Waals surface area contributed by atoms with Gasteiger partial charge in [-0.3, -0.25) is 9.59 Å². The maximum Gasteiger partial charge on any atom is 0.246 e. The van der Waals surface area contributed by atoms with Crippen LogP contribution in [0.25, 0.3) is 0 Å². The maximum absolute atomic E-state index is 12.1. The van der Waals surface area contributed by atoms with E-state index in [0.29, 0.717) is 0 Å². The molecule has 1 unspecified atom stereocenters. The van der Waals surface area contributed by atoms with Gasteiger partial charge in [0, 0.05) is 20.0 Å². The van der Waals surface area contributed by atoms with Gasteiger partial charge in [0.05, 0.1) is 11.4 Å². The van der Waals surface area contributed by atoms with Crippen molar-refractivity contribution in [1.29, 1.82) is 0 Å². The molecule has 1 fully saturated rings. The summed E-state index contributed by atoms with van der Waals surface area (Å²) in [6, 6.07) is 7.28. The molecule has 0 radical (unpaired) electrons. The number of carbonyl (C=O) groups excluding carboxylic acids is 2. The number of rotatable bonds is 4. The van der Waals surface area contributed by atoms with Crippen molar-refractivity contribution in [3.05, 3.63) is 24.3 Å². The van der Waals surface area contributed by atoms with Crippen LogP contribution in [0.5, 0.6) is 0 Å². The van der Waals surface area contributed by atoms with Crippen molar-refractivity contribution in [3.63, 3.8) is 0 Å². The number of para-hydroxylation sites is 2. The lowest BCUT2D eigenvalue weighted by Crippen LogP contribution is -2.40. The van der Waals surface area contributed by atoms with E-state index in [0.717, 1.165) is 24.5 Å². The third kappa shape index (κ3) is 4.21. The summed E-state index contributed by atoms with van der Waals surface area (Å²) in [5.41, 5.74) is 1.86. The monoisotopic (exact) mass is 289 g/mol. The van der Waals surface area contributed by atoms with Crippen molar-refractivity contribution < 1.29 is 9.59 Å². The van der Waals surface area contributed by atoms with E-state index in [1.165, 1.54) is 26.2 Å². The zero-order valence-electron chi connectivity index (χ0n) is 12.7. The molecule has 21 heavy (non-hydrogen) atoms. The summed E-state index contributed by atoms with van der Waals surface area (Å²) in [7, 11) is 0. The third-order valence-electron chi connectivity index (χ3n) is 3.67. The molecule has 114 valence electrons. The minimum Gasteiger partial charge on any atom is -0.370 e. The number of amides is 2. The molecule has 1 atom stereocenters. The molecule has 5 heteroatoms. The smallest absolute Gasteiger partial charge is 0.246 e. The van der Waals surface area contributed by atoms with E-state index in [-0.39, 0.29) is 11.8 Å². The molecule has 1 aliphatic heterocycles. The van der Waals surface area contributed by atoms with Gasteiger partial charge in [0.1, 0.15) is 6.04 Å². The Bertz CT molecular complexity index is 510. The fourth-order valence-electron chi connectivity index (χ4n) is 2.60. The highest BCUT2D eigenvalue weighted by Gasteiger charge is 2.18. The van der Waals surface area contributed by atoms with E-state index in [4.69, 9.17) is 0 Å². The van der Waals surface area contributed by atoms with Crippen molar-refractivity contribution in [1.82, 2.24) is 5.32 Å². The van der Waals surface area contributed by atoms with Crippen molar-refractivity contribution in [2.75, 3.05) is 23.3 Å². The Balaban J connectivity index is 2.09. The number of benzene rings is 1. The van der Waals surface area contributed by atoms with Gasteiger partial charge >= 0.3 is 0 Å². The number of hydrogen-bond donors (Lipinski definition) is 2. The van der Waals surface area contributed by atoms with Crippen LogP contribution in [0.1, 0.15) is 33.1 Å². The highest BCUT2D eigenvalue weighted by Crippen LogP contribution is 2.28. The predicted octanol–water partition coefficient (Wildman–Crippen LogP) is 2.14. The number of anilines is 2. The number of carbonyl (C=O) groups is 2. The van der Waals surface area contributed by atoms with Crippen LogP contribution in [0, 0.1) is 0 Å². The first kappa shape index (κ1) is 15.4. The molecule has 0 spiro atoms. The molecule has 1 aromatic carbocycles. The minimum absolute atomic E-state index is 0.199. The Morgan fingerprint density at radius 2 is 1.81 bits per heavy atom. The number of nitrogens with zero attached hydrogens (tertiary/aromatic N) is 1. The highest BCUT2D eigenvalue weighted by atomic mass is 16.2. The maximum atomic E-state index is 12.1. The van der Waals surface area contributed by atoms with Crippen molar-refractivity contribution in [2.24, 2.45) is 0 Å². The summed E-state index contributed by atoms with van der Waals surface area (Å²) in [5.74, 6) is -0.406. The molecule has 2 rings (SSSR count). The molecule has 0 bridgehead atoms. The zero-order valence-corrected chi connectivity index (χ0v) is 12.7. The normalized spacial score (nSPS) is 16.2. The lowest BCUT2D eigenvalue weighted by Gasteiger charge is -2.30. The van der Waals surface area contributed by atoms with Crippen LogP contribution in [0.3, 0.4) is 0 Å². The van der Waals surface area contributed by atoms with E-state index in [9.17, 15) is 9.59 Å². The molecule has 0 aromatic heterocycles. The molecule has 1 aliphatic rings. The summed E-state index contributed by atoms with van der Waals surface area (Å²) < 4.78 is 0. The molecular formula is C16H23N3O2. The Morgan fingerprint density at radius 3 is 2.48 bits per heavy atom. The van der Waals surface area contributed by atoms with Crippen molar-refractivity contribution >= 4 is 23.2 Å². The van der Waals surface area contributed by atoms with Gasteiger partial charge in [0.25, 0.3) is 0 Å². The van der Waals surface area contributed by atoms with Crippen LogP contribution in [0.15, 0.2) is 24.3 Å². The van der Waals surface area contributed by atoms with Gasteiger partial charge in [-0.2, -0.15) is 0 Å². The quantitative estimate of drug-likeness (QED) is 0.892. The number of nitrogens with one attached hydrogen (secondary N) is 2. The fourth-order valence-corrected chi connectivity index (χ4v) is 2.60. The zero-order chi connectivity index (χ0) is 15.2. The molecule has 5 nitrogen and oxygen atoms in total. The SMILES string of the molecule is CC(=O)NC(C)C(=O)Nc1ccccc1N1CCCCC1. The first-order chi connectivity index (χ1) is 10.1. The topological polar surface area (TPSA) is 61.4 Å². The predicted molar refractivity (Wildman–Crippen MR) is 84.4 cm³/mol. The van der Waals surface area contributed by atoms with E-state index >= 15 is 0 Å². The Hall–Kier alpha value is -2.04. The highest BCUT2D eigenvalue weighted by molar-refractivity contribution is 5.99. The van der Waals surface area contributed by atoms with Gasteiger partial charge in [-0.1, -0.05) is 12.1 Å². The first-order valence-electron chi connectivity index (χ1n) is 7.50. The second-order valence-corrected chi connectivity index (χ2v) is 5.48. The van der Waals surface area contributed by atoms with Gasteiger partial charge in [-0.25, -0.2) is 0 Å². The molecule has 1 heterocycles. The second kappa shape index (κ2) is 7.11. The Morgan fingerprint density at radius 1 is 1.14 bits per heavy atom. The largest absolute Gasteiger partial charge is 0.370 e. The van der Waals surface area contributed by atoms with Crippen molar-refractivity contribution in [3.8, 4) is 0 Å². The molecule has 2 N–H and O–H groups in total. The molecule has 1 saturated heterocycles. The van der Waals surface area contributed by atoms with Crippen LogP contribution in [0.4, 0.5) is 11.4 Å². The number of hydrogen-bond acceptors (Lipinski definition) is 3. The van der Waals surface area contributed by atoms with Crippen LogP contribution in [0.2, 0.25) is 0 Å². The summed E-state index contributed by atoms with van der Waals surface area (Å²) in [6.07, 6.45) is 3.64. The molecule has 1 aromatic rings. The summed E-state index contributed by atoms with van der Waals surface area (Å²) in [6.45, 7) is 5.13. The lowest BCUT2D eigenvalue weighted by atomic mass is 10.1. The molecule has 2 amide bonds. The standard InChI is InChI=1S/C16H23N3O2/c1-12(17-13(2)20)16(21)18-14-8-4-5-9-15(14)19-10-6-3-7-11-19/h4-5,8-9,12H,3,6-7,10-11H2,1-2H3,(H,17,20)(H,18,21). The van der Waals surface area contributed by atoms with E-state index in [1.807, 2.05) is 24.3 Å². The first-order valence-corrected chi connectivity index (χ1v) is 7.50. The third-order valence-corrected chi connectivity index (χ3v) is 3.67. The second-order valence-electron chi connectivity index (χ2n) is 5.48. The van der Waals surface area contributed by atoms with E-state index in [2.05, 4.69) is 15.5 Å². The lowest BCUT2D eigenvalue weighted by molar-refractivity contribution is -0.124. The minimum atomic E-state index is -0.545. The van der Waals surface area contributed by atoms with Crippen LogP contribution in [-0.4, -0.2) is 30.9 Å². The molecule has 0 aliphatic carbocycles. The van der Waals surface area contributed by atoms with E-state index < -0.39 is 6.04 Å². The number of piperidine rings is 1. The summed E-state index contributed by atoms with van der Waals surface area (Å²) >= 11 is 0. The van der Waals surface area contributed by atoms with Gasteiger partial charge in [0.2, 0.25) is 11.8 Å². The van der Waals surface area contributed by atoms with Crippen molar-refractivity contribution in [2.45, 2.75) is 39.2 Å². The Labute approximate surface area is 125 Å². The van der Waals surface area contributed by atoms with E-state index in [1.54, 1.807) is 6.92 Å². The molecule has 0 saturated carbocycles. The van der Waals surface area contributed by atoms with Gasteiger partial charge in [-0.05, 0) is 38.3 Å². The van der Waals surface area contributed by atoms with Gasteiger partial charge in [-0.15, -0.1) is 0 Å². The molecular weight excluding hydrogens is 266 g/mol. The van der Waals surface area contributed by atoms with Gasteiger partial charge < -0.3 is 15.5 Å². The van der Waals surface area contributed by atoms with Crippen LogP contribution in [-0.2, 0) is 9.59 Å². The van der Waals surface area contributed by atoms with Crippen LogP contribution >= 0.6 is 0 Å². The van der Waals surface area contributed by atoms with Gasteiger partial charge in [0.15, 0.2) is 0 Å². The average Bonchev–Trinajstić information content (AvgIpc) is 2.48. The summed E-state index contributed by atoms with van der Waals surface area (Å²) in [5, 5.41) is 5.51.